The van der Waals surface area contributed by atoms with E-state index < -0.39 is 17.6 Å². The number of carbonyl (C=O) groups is 1. The maximum atomic E-state index is 13.6. The summed E-state index contributed by atoms with van der Waals surface area (Å²) in [5, 5.41) is 3.23. The van der Waals surface area contributed by atoms with Crippen LogP contribution in [0.15, 0.2) is 49.1 Å². The van der Waals surface area contributed by atoms with Crippen molar-refractivity contribution in [2.75, 3.05) is 11.9 Å². The lowest BCUT2D eigenvalue weighted by Gasteiger charge is -2.50. The summed E-state index contributed by atoms with van der Waals surface area (Å²) in [7, 11) is 0. The molecule has 0 aromatic carbocycles. The highest BCUT2D eigenvalue weighted by atomic mass is 19.4. The molecule has 2 bridgehead atoms. The summed E-state index contributed by atoms with van der Waals surface area (Å²) in [4.78, 5) is 31.5. The minimum atomic E-state index is -4.45. The molecule has 3 aliphatic rings. The Labute approximate surface area is 192 Å². The number of alkyl halides is 3. The van der Waals surface area contributed by atoms with Crippen LogP contribution in [-0.4, -0.2) is 49.4 Å². The number of fused-ring (bicyclic) bond motifs is 3. The number of halogens is 4. The zero-order valence-electron chi connectivity index (χ0n) is 17.8. The van der Waals surface area contributed by atoms with E-state index in [1.54, 1.807) is 17.0 Å². The smallest absolute Gasteiger partial charge is 0.365 e. The average Bonchev–Trinajstić information content (AvgIpc) is 2.84. The molecule has 2 saturated heterocycles. The van der Waals surface area contributed by atoms with E-state index in [9.17, 15) is 22.4 Å². The number of pyridine rings is 2. The number of aromatic nitrogens is 4. The molecule has 3 unspecified atom stereocenters. The second-order valence-electron chi connectivity index (χ2n) is 8.51. The zero-order valence-corrected chi connectivity index (χ0v) is 17.8. The van der Waals surface area contributed by atoms with Gasteiger partial charge in [-0.25, -0.2) is 19.3 Å². The van der Waals surface area contributed by atoms with Crippen molar-refractivity contribution in [1.29, 1.82) is 0 Å². The van der Waals surface area contributed by atoms with Crippen LogP contribution >= 0.6 is 0 Å². The van der Waals surface area contributed by atoms with Crippen LogP contribution in [0.2, 0.25) is 0 Å². The van der Waals surface area contributed by atoms with E-state index in [0.717, 1.165) is 43.9 Å². The third-order valence-corrected chi connectivity index (χ3v) is 6.33. The number of piperidine rings is 2. The molecule has 1 saturated carbocycles. The standard InChI is InChI=1S/C23H20F4N6O/c24-15-10-30-21(31-11-15)20-16(2-1-7-28-20)22(34)33-12-13-3-5-18(33)17(8-13)32-19-6-4-14(9-29-19)23(25,26)27/h1-2,4,6-7,9-11,13,17-18H,3,5,8,12H2,(H,29,32). The van der Waals surface area contributed by atoms with E-state index in [1.807, 2.05) is 0 Å². The molecule has 6 rings (SSSR count). The molecule has 7 nitrogen and oxygen atoms in total. The summed E-state index contributed by atoms with van der Waals surface area (Å²) < 4.78 is 51.8. The fraction of sp³-hybridized carbons (Fsp3) is 0.348. The number of anilines is 1. The van der Waals surface area contributed by atoms with Crippen molar-refractivity contribution in [3.63, 3.8) is 0 Å². The zero-order chi connectivity index (χ0) is 23.9. The van der Waals surface area contributed by atoms with E-state index in [0.29, 0.717) is 17.9 Å². The monoisotopic (exact) mass is 472 g/mol. The van der Waals surface area contributed by atoms with Gasteiger partial charge in [-0.15, -0.1) is 0 Å². The molecular weight excluding hydrogens is 452 g/mol. The van der Waals surface area contributed by atoms with E-state index in [1.165, 1.54) is 12.3 Å². The number of nitrogens with zero attached hydrogens (tertiary/aromatic N) is 5. The second-order valence-corrected chi connectivity index (χ2v) is 8.51. The van der Waals surface area contributed by atoms with Crippen molar-refractivity contribution >= 4 is 11.7 Å². The van der Waals surface area contributed by atoms with Gasteiger partial charge in [0, 0.05) is 25.0 Å². The number of amides is 1. The lowest BCUT2D eigenvalue weighted by Crippen LogP contribution is -2.59. The molecule has 1 amide bonds. The van der Waals surface area contributed by atoms with E-state index in [-0.39, 0.29) is 35.4 Å². The largest absolute Gasteiger partial charge is 0.417 e. The SMILES string of the molecule is O=C(c1cccnc1-c1ncc(F)cn1)N1CC2CCC1C(Nc1ccc(C(F)(F)F)cn1)C2. The maximum absolute atomic E-state index is 13.6. The van der Waals surface area contributed by atoms with Crippen LogP contribution in [0.4, 0.5) is 23.4 Å². The first kappa shape index (κ1) is 22.2. The minimum Gasteiger partial charge on any atom is -0.365 e. The van der Waals surface area contributed by atoms with Crippen LogP contribution in [0.25, 0.3) is 11.5 Å². The summed E-state index contributed by atoms with van der Waals surface area (Å²) in [6.07, 6.45) is 2.42. The van der Waals surface area contributed by atoms with Gasteiger partial charge in [-0.2, -0.15) is 13.2 Å². The van der Waals surface area contributed by atoms with Gasteiger partial charge in [0.2, 0.25) is 0 Å². The molecule has 2 aliphatic heterocycles. The average molecular weight is 472 g/mol. The first-order valence-corrected chi connectivity index (χ1v) is 10.8. The summed E-state index contributed by atoms with van der Waals surface area (Å²) in [6, 6.07) is 5.27. The molecule has 176 valence electrons. The number of carbonyl (C=O) groups excluding carboxylic acids is 1. The van der Waals surface area contributed by atoms with Crippen LogP contribution in [0.1, 0.15) is 35.2 Å². The Balaban J connectivity index is 1.38. The molecule has 3 fully saturated rings. The summed E-state index contributed by atoms with van der Waals surface area (Å²) in [5.74, 6) is -0.0942. The van der Waals surface area contributed by atoms with Crippen molar-refractivity contribution in [2.45, 2.75) is 37.5 Å². The highest BCUT2D eigenvalue weighted by Crippen LogP contribution is 2.38. The minimum absolute atomic E-state index is 0.149. The fourth-order valence-corrected chi connectivity index (χ4v) is 4.77. The summed E-state index contributed by atoms with van der Waals surface area (Å²) >= 11 is 0. The quantitative estimate of drug-likeness (QED) is 0.573. The predicted molar refractivity (Wildman–Crippen MR) is 114 cm³/mol. The molecule has 3 aromatic heterocycles. The third-order valence-electron chi connectivity index (χ3n) is 6.33. The molecule has 3 aromatic rings. The summed E-state index contributed by atoms with van der Waals surface area (Å²) in [6.45, 7) is 0.570. The lowest BCUT2D eigenvalue weighted by molar-refractivity contribution is -0.137. The highest BCUT2D eigenvalue weighted by molar-refractivity contribution is 5.99. The Morgan fingerprint density at radius 1 is 1.03 bits per heavy atom. The van der Waals surface area contributed by atoms with Crippen molar-refractivity contribution in [2.24, 2.45) is 5.92 Å². The third kappa shape index (κ3) is 4.29. The van der Waals surface area contributed by atoms with E-state index >= 15 is 0 Å². The predicted octanol–water partition coefficient (Wildman–Crippen LogP) is 4.20. The van der Waals surface area contributed by atoms with Gasteiger partial charge in [0.05, 0.1) is 29.6 Å². The van der Waals surface area contributed by atoms with Crippen LogP contribution in [0, 0.1) is 11.7 Å². The van der Waals surface area contributed by atoms with Gasteiger partial charge in [-0.3, -0.25) is 9.78 Å². The molecule has 1 aliphatic carbocycles. The number of rotatable bonds is 4. The number of nitrogens with one attached hydrogen (secondary N) is 1. The molecule has 0 spiro atoms. The first-order chi connectivity index (χ1) is 16.3. The second kappa shape index (κ2) is 8.62. The molecule has 0 radical (unpaired) electrons. The normalized spacial score (nSPS) is 22.0. The van der Waals surface area contributed by atoms with Gasteiger partial charge in [0.25, 0.3) is 5.91 Å². The van der Waals surface area contributed by atoms with Crippen molar-refractivity contribution in [3.05, 3.63) is 66.0 Å². The highest BCUT2D eigenvalue weighted by Gasteiger charge is 2.43. The van der Waals surface area contributed by atoms with Gasteiger partial charge in [0.1, 0.15) is 11.5 Å². The molecule has 34 heavy (non-hydrogen) atoms. The maximum Gasteiger partial charge on any atom is 0.417 e. The fourth-order valence-electron chi connectivity index (χ4n) is 4.77. The van der Waals surface area contributed by atoms with Gasteiger partial charge in [-0.1, -0.05) is 0 Å². The van der Waals surface area contributed by atoms with Crippen molar-refractivity contribution in [1.82, 2.24) is 24.8 Å². The molecule has 11 heteroatoms. The topological polar surface area (TPSA) is 83.9 Å². The number of hydrogen-bond acceptors (Lipinski definition) is 6. The molecular formula is C23H20F4N6O. The number of hydrogen-bond donors (Lipinski definition) is 1. The summed E-state index contributed by atoms with van der Waals surface area (Å²) in [5.41, 5.74) is -0.233. The van der Waals surface area contributed by atoms with E-state index in [2.05, 4.69) is 25.3 Å². The molecule has 1 N–H and O–H groups in total. The van der Waals surface area contributed by atoms with Crippen LogP contribution < -0.4 is 5.32 Å². The van der Waals surface area contributed by atoms with Crippen LogP contribution in [0.3, 0.4) is 0 Å². The molecule has 5 heterocycles. The first-order valence-electron chi connectivity index (χ1n) is 10.8. The van der Waals surface area contributed by atoms with E-state index in [4.69, 9.17) is 0 Å². The van der Waals surface area contributed by atoms with Gasteiger partial charge in [0.15, 0.2) is 11.6 Å². The van der Waals surface area contributed by atoms with Crippen LogP contribution in [0.5, 0.6) is 0 Å². The Hall–Kier alpha value is -3.63. The lowest BCUT2D eigenvalue weighted by atomic mass is 9.76. The van der Waals surface area contributed by atoms with Gasteiger partial charge < -0.3 is 10.2 Å². The van der Waals surface area contributed by atoms with Crippen LogP contribution in [-0.2, 0) is 6.18 Å². The Morgan fingerprint density at radius 2 is 1.82 bits per heavy atom. The Kier molecular flexibility index (Phi) is 5.62. The Bertz CT molecular complexity index is 1190. The van der Waals surface area contributed by atoms with Gasteiger partial charge in [-0.05, 0) is 49.4 Å². The molecule has 3 atom stereocenters. The van der Waals surface area contributed by atoms with Gasteiger partial charge >= 0.3 is 6.18 Å². The van der Waals surface area contributed by atoms with Crippen molar-refractivity contribution in [3.8, 4) is 11.5 Å². The van der Waals surface area contributed by atoms with Crippen molar-refractivity contribution < 1.29 is 22.4 Å². The Morgan fingerprint density at radius 3 is 2.50 bits per heavy atom.